The van der Waals surface area contributed by atoms with Crippen molar-refractivity contribution >= 4 is 0 Å². The molecule has 0 amide bonds. The molecule has 0 bridgehead atoms. The summed E-state index contributed by atoms with van der Waals surface area (Å²) >= 11 is 0. The van der Waals surface area contributed by atoms with Crippen LogP contribution >= 0.6 is 0 Å². The van der Waals surface area contributed by atoms with Crippen LogP contribution in [0.25, 0.3) is 0 Å². The van der Waals surface area contributed by atoms with Crippen LogP contribution in [0.1, 0.15) is 19.0 Å². The Morgan fingerprint density at radius 3 is 3.00 bits per heavy atom. The molecule has 0 spiro atoms. The molecular formula is C12H23N3O. The summed E-state index contributed by atoms with van der Waals surface area (Å²) in [6.45, 7) is 5.05. The van der Waals surface area contributed by atoms with Crippen molar-refractivity contribution in [3.63, 3.8) is 0 Å². The van der Waals surface area contributed by atoms with Crippen LogP contribution in [0.4, 0.5) is 0 Å². The predicted octanol–water partition coefficient (Wildman–Crippen LogP) is 1.22. The van der Waals surface area contributed by atoms with E-state index in [1.165, 1.54) is 12.1 Å². The monoisotopic (exact) mass is 225 g/mol. The summed E-state index contributed by atoms with van der Waals surface area (Å²) in [6, 6.07) is 2.09. The number of aryl methyl sites for hydroxylation is 2. The van der Waals surface area contributed by atoms with Crippen LogP contribution < -0.4 is 5.32 Å². The highest BCUT2D eigenvalue weighted by Crippen LogP contribution is 2.07. The Morgan fingerprint density at radius 2 is 2.38 bits per heavy atom. The van der Waals surface area contributed by atoms with E-state index in [0.29, 0.717) is 5.92 Å². The van der Waals surface area contributed by atoms with Gasteiger partial charge in [-0.3, -0.25) is 4.68 Å². The number of hydrogen-bond donors (Lipinski definition) is 1. The van der Waals surface area contributed by atoms with Gasteiger partial charge in [-0.1, -0.05) is 6.92 Å². The summed E-state index contributed by atoms with van der Waals surface area (Å²) in [7, 11) is 3.73. The van der Waals surface area contributed by atoms with E-state index in [0.717, 1.165) is 26.1 Å². The lowest BCUT2D eigenvalue weighted by Crippen LogP contribution is -2.25. The first kappa shape index (κ1) is 13.2. The molecule has 1 aromatic heterocycles. The second kappa shape index (κ2) is 7.41. The van der Waals surface area contributed by atoms with Gasteiger partial charge in [0, 0.05) is 32.6 Å². The fraction of sp³-hybridized carbons (Fsp3) is 0.750. The van der Waals surface area contributed by atoms with Gasteiger partial charge in [-0.25, -0.2) is 0 Å². The van der Waals surface area contributed by atoms with Crippen molar-refractivity contribution in [2.45, 2.75) is 19.8 Å². The maximum atomic E-state index is 4.98. The number of aromatic nitrogens is 2. The van der Waals surface area contributed by atoms with Gasteiger partial charge in [0.2, 0.25) is 0 Å². The van der Waals surface area contributed by atoms with Gasteiger partial charge in [-0.05, 0) is 31.4 Å². The van der Waals surface area contributed by atoms with Crippen LogP contribution in [-0.4, -0.2) is 36.6 Å². The molecule has 4 heteroatoms. The molecule has 0 fully saturated rings. The third kappa shape index (κ3) is 4.77. The molecule has 0 aliphatic carbocycles. The molecule has 1 unspecified atom stereocenters. The second-order valence-electron chi connectivity index (χ2n) is 4.29. The van der Waals surface area contributed by atoms with E-state index >= 15 is 0 Å². The van der Waals surface area contributed by atoms with E-state index in [2.05, 4.69) is 23.4 Å². The molecule has 16 heavy (non-hydrogen) atoms. The minimum Gasteiger partial charge on any atom is -0.383 e. The summed E-state index contributed by atoms with van der Waals surface area (Å²) in [4.78, 5) is 0. The van der Waals surface area contributed by atoms with E-state index < -0.39 is 0 Å². The fourth-order valence-electron chi connectivity index (χ4n) is 1.67. The maximum absolute atomic E-state index is 4.98. The SMILES string of the molecule is COCCNCC(C)CCc1ccnn1C. The summed E-state index contributed by atoms with van der Waals surface area (Å²) in [5.74, 6) is 0.687. The van der Waals surface area contributed by atoms with E-state index in [4.69, 9.17) is 4.74 Å². The molecule has 0 saturated carbocycles. The Balaban J connectivity index is 2.10. The van der Waals surface area contributed by atoms with Crippen molar-refractivity contribution in [1.82, 2.24) is 15.1 Å². The highest BCUT2D eigenvalue weighted by Gasteiger charge is 2.04. The largest absolute Gasteiger partial charge is 0.383 e. The van der Waals surface area contributed by atoms with Gasteiger partial charge in [0.25, 0.3) is 0 Å². The molecule has 92 valence electrons. The van der Waals surface area contributed by atoms with E-state index in [-0.39, 0.29) is 0 Å². The van der Waals surface area contributed by atoms with Gasteiger partial charge in [0.15, 0.2) is 0 Å². The third-order valence-electron chi connectivity index (χ3n) is 2.79. The lowest BCUT2D eigenvalue weighted by Gasteiger charge is -2.12. The minimum atomic E-state index is 0.687. The Labute approximate surface area is 98.0 Å². The lowest BCUT2D eigenvalue weighted by atomic mass is 10.0. The predicted molar refractivity (Wildman–Crippen MR) is 65.4 cm³/mol. The molecular weight excluding hydrogens is 202 g/mol. The number of methoxy groups -OCH3 is 1. The van der Waals surface area contributed by atoms with Crippen LogP contribution in [0.5, 0.6) is 0 Å². The van der Waals surface area contributed by atoms with Gasteiger partial charge in [-0.2, -0.15) is 5.10 Å². The van der Waals surface area contributed by atoms with Crippen molar-refractivity contribution < 1.29 is 4.74 Å². The number of nitrogens with zero attached hydrogens (tertiary/aromatic N) is 2. The number of ether oxygens (including phenoxy) is 1. The van der Waals surface area contributed by atoms with Gasteiger partial charge in [0.1, 0.15) is 0 Å². The molecule has 1 heterocycles. The highest BCUT2D eigenvalue weighted by atomic mass is 16.5. The van der Waals surface area contributed by atoms with Crippen LogP contribution in [0.3, 0.4) is 0 Å². The molecule has 0 aromatic carbocycles. The number of nitrogens with one attached hydrogen (secondary N) is 1. The molecule has 1 N–H and O–H groups in total. The number of hydrogen-bond acceptors (Lipinski definition) is 3. The van der Waals surface area contributed by atoms with Crippen molar-refractivity contribution in [2.24, 2.45) is 13.0 Å². The average molecular weight is 225 g/mol. The highest BCUT2D eigenvalue weighted by molar-refractivity contribution is 4.99. The molecule has 1 rings (SSSR count). The van der Waals surface area contributed by atoms with Crippen LogP contribution in [0.2, 0.25) is 0 Å². The zero-order valence-corrected chi connectivity index (χ0v) is 10.6. The standard InChI is InChI=1S/C12H23N3O/c1-11(10-13-8-9-16-3)4-5-12-6-7-14-15(12)2/h6-7,11,13H,4-5,8-10H2,1-3H3. The number of rotatable bonds is 8. The Bertz CT molecular complexity index is 286. The van der Waals surface area contributed by atoms with E-state index in [1.807, 2.05) is 17.9 Å². The van der Waals surface area contributed by atoms with Crippen LogP contribution in [0, 0.1) is 5.92 Å². The van der Waals surface area contributed by atoms with Gasteiger partial charge >= 0.3 is 0 Å². The molecule has 0 saturated heterocycles. The van der Waals surface area contributed by atoms with Crippen LogP contribution in [0.15, 0.2) is 12.3 Å². The third-order valence-corrected chi connectivity index (χ3v) is 2.79. The van der Waals surface area contributed by atoms with Gasteiger partial charge in [0.05, 0.1) is 6.61 Å². The summed E-state index contributed by atoms with van der Waals surface area (Å²) in [6.07, 6.45) is 4.15. The zero-order chi connectivity index (χ0) is 11.8. The Morgan fingerprint density at radius 1 is 1.56 bits per heavy atom. The normalized spacial score (nSPS) is 12.9. The smallest absolute Gasteiger partial charge is 0.0587 e. The molecule has 0 aliphatic heterocycles. The first-order valence-electron chi connectivity index (χ1n) is 5.90. The zero-order valence-electron chi connectivity index (χ0n) is 10.6. The Kier molecular flexibility index (Phi) is 6.11. The molecule has 4 nitrogen and oxygen atoms in total. The second-order valence-corrected chi connectivity index (χ2v) is 4.29. The maximum Gasteiger partial charge on any atom is 0.0587 e. The summed E-state index contributed by atoms with van der Waals surface area (Å²) in [5.41, 5.74) is 1.31. The van der Waals surface area contributed by atoms with Gasteiger partial charge in [-0.15, -0.1) is 0 Å². The van der Waals surface area contributed by atoms with Crippen molar-refractivity contribution in [2.75, 3.05) is 26.8 Å². The van der Waals surface area contributed by atoms with Crippen molar-refractivity contribution in [1.29, 1.82) is 0 Å². The topological polar surface area (TPSA) is 39.1 Å². The summed E-state index contributed by atoms with van der Waals surface area (Å²) < 4.78 is 6.93. The minimum absolute atomic E-state index is 0.687. The Hall–Kier alpha value is -0.870. The molecule has 0 radical (unpaired) electrons. The first-order valence-corrected chi connectivity index (χ1v) is 5.90. The molecule has 0 aliphatic rings. The molecule has 1 atom stereocenters. The lowest BCUT2D eigenvalue weighted by molar-refractivity contribution is 0.198. The quantitative estimate of drug-likeness (QED) is 0.676. The van der Waals surface area contributed by atoms with E-state index in [9.17, 15) is 0 Å². The van der Waals surface area contributed by atoms with E-state index in [1.54, 1.807) is 7.11 Å². The van der Waals surface area contributed by atoms with Crippen molar-refractivity contribution in [3.8, 4) is 0 Å². The van der Waals surface area contributed by atoms with Crippen molar-refractivity contribution in [3.05, 3.63) is 18.0 Å². The summed E-state index contributed by atoms with van der Waals surface area (Å²) in [5, 5.41) is 7.55. The average Bonchev–Trinajstić information content (AvgIpc) is 2.67. The fourth-order valence-corrected chi connectivity index (χ4v) is 1.67. The molecule has 1 aromatic rings. The first-order chi connectivity index (χ1) is 7.74. The van der Waals surface area contributed by atoms with Crippen LogP contribution in [-0.2, 0) is 18.2 Å². The van der Waals surface area contributed by atoms with Gasteiger partial charge < -0.3 is 10.1 Å².